The third kappa shape index (κ3) is 3.94. The summed E-state index contributed by atoms with van der Waals surface area (Å²) >= 11 is 0. The van der Waals surface area contributed by atoms with Crippen molar-refractivity contribution >= 4 is 23.5 Å². The Labute approximate surface area is 183 Å². The van der Waals surface area contributed by atoms with Crippen LogP contribution in [0.4, 0.5) is 10.5 Å². The Morgan fingerprint density at radius 1 is 1.13 bits per heavy atom. The maximum atomic E-state index is 13.1. The maximum absolute atomic E-state index is 13.1. The Bertz CT molecular complexity index is 1030. The van der Waals surface area contributed by atoms with E-state index in [1.807, 2.05) is 42.5 Å². The van der Waals surface area contributed by atoms with Crippen molar-refractivity contribution in [2.75, 3.05) is 11.9 Å². The van der Waals surface area contributed by atoms with Gasteiger partial charge in [-0.25, -0.2) is 4.79 Å². The number of fused-ring (bicyclic) bond motifs is 1. The van der Waals surface area contributed by atoms with E-state index in [0.29, 0.717) is 11.6 Å². The SMILES string of the molecule is CC[C@H](C)c1ccc(NC(=O)CN2C(=O)N[C@@](C)(c3ccc4c(c3)CCC4)C2=O)cc1. The Kier molecular flexibility index (Phi) is 5.56. The number of aryl methyl sites for hydroxylation is 2. The van der Waals surface area contributed by atoms with E-state index in [1.54, 1.807) is 6.92 Å². The van der Waals surface area contributed by atoms with Gasteiger partial charge in [-0.2, -0.15) is 0 Å². The summed E-state index contributed by atoms with van der Waals surface area (Å²) < 4.78 is 0. The fourth-order valence-corrected chi connectivity index (χ4v) is 4.39. The molecule has 4 rings (SSSR count). The summed E-state index contributed by atoms with van der Waals surface area (Å²) in [6.07, 6.45) is 4.20. The lowest BCUT2D eigenvalue weighted by atomic mass is 9.89. The van der Waals surface area contributed by atoms with Gasteiger partial charge in [-0.05, 0) is 72.9 Å². The van der Waals surface area contributed by atoms with Gasteiger partial charge in [0.1, 0.15) is 12.1 Å². The molecule has 0 aromatic heterocycles. The molecule has 2 aromatic carbocycles. The molecule has 6 nitrogen and oxygen atoms in total. The van der Waals surface area contributed by atoms with Gasteiger partial charge in [0.2, 0.25) is 5.91 Å². The van der Waals surface area contributed by atoms with Gasteiger partial charge in [0.15, 0.2) is 0 Å². The van der Waals surface area contributed by atoms with Gasteiger partial charge in [0.05, 0.1) is 0 Å². The molecule has 0 radical (unpaired) electrons. The van der Waals surface area contributed by atoms with Crippen molar-refractivity contribution in [2.45, 2.75) is 57.9 Å². The molecule has 2 aliphatic rings. The van der Waals surface area contributed by atoms with Gasteiger partial charge < -0.3 is 10.6 Å². The number of nitrogens with zero attached hydrogens (tertiary/aromatic N) is 1. The van der Waals surface area contributed by atoms with Crippen LogP contribution in [0.5, 0.6) is 0 Å². The molecular formula is C25H29N3O3. The Morgan fingerprint density at radius 2 is 1.84 bits per heavy atom. The first-order chi connectivity index (χ1) is 14.8. The zero-order chi connectivity index (χ0) is 22.2. The number of hydrogen-bond donors (Lipinski definition) is 2. The molecule has 31 heavy (non-hydrogen) atoms. The average Bonchev–Trinajstić information content (AvgIpc) is 3.32. The van der Waals surface area contributed by atoms with Crippen molar-refractivity contribution in [3.63, 3.8) is 0 Å². The van der Waals surface area contributed by atoms with Crippen LogP contribution in [0.2, 0.25) is 0 Å². The summed E-state index contributed by atoms with van der Waals surface area (Å²) in [5.74, 6) is -0.358. The highest BCUT2D eigenvalue weighted by Crippen LogP contribution is 2.32. The molecule has 1 aliphatic heterocycles. The first-order valence-electron chi connectivity index (χ1n) is 11.0. The molecule has 0 spiro atoms. The van der Waals surface area contributed by atoms with Crippen LogP contribution in [0, 0.1) is 0 Å². The Morgan fingerprint density at radius 3 is 2.55 bits per heavy atom. The molecule has 0 bridgehead atoms. The second kappa shape index (κ2) is 8.17. The molecular weight excluding hydrogens is 390 g/mol. The normalized spacial score (nSPS) is 21.1. The number of hydrogen-bond acceptors (Lipinski definition) is 3. The predicted molar refractivity (Wildman–Crippen MR) is 120 cm³/mol. The molecule has 1 heterocycles. The maximum Gasteiger partial charge on any atom is 0.325 e. The molecule has 1 saturated heterocycles. The fraction of sp³-hybridized carbons (Fsp3) is 0.400. The molecule has 2 atom stereocenters. The van der Waals surface area contributed by atoms with Gasteiger partial charge in [0.25, 0.3) is 5.91 Å². The van der Waals surface area contributed by atoms with Crippen LogP contribution in [0.3, 0.4) is 0 Å². The second-order valence-corrected chi connectivity index (χ2v) is 8.76. The number of urea groups is 1. The summed E-state index contributed by atoms with van der Waals surface area (Å²) in [6, 6.07) is 13.1. The largest absolute Gasteiger partial charge is 0.325 e. The zero-order valence-electron chi connectivity index (χ0n) is 18.3. The first kappa shape index (κ1) is 21.1. The molecule has 4 amide bonds. The average molecular weight is 420 g/mol. The number of carbonyl (C=O) groups excluding carboxylic acids is 3. The quantitative estimate of drug-likeness (QED) is 0.692. The summed E-state index contributed by atoms with van der Waals surface area (Å²) in [4.78, 5) is 39.2. The number of benzene rings is 2. The number of anilines is 1. The van der Waals surface area contributed by atoms with E-state index in [9.17, 15) is 14.4 Å². The van der Waals surface area contributed by atoms with E-state index in [1.165, 1.54) is 16.7 Å². The number of imide groups is 1. The van der Waals surface area contributed by atoms with Crippen molar-refractivity contribution in [1.82, 2.24) is 10.2 Å². The Hall–Kier alpha value is -3.15. The molecule has 2 aromatic rings. The standard InChI is InChI=1S/C25H29N3O3/c1-4-16(2)17-9-12-21(13-10-17)26-22(29)15-28-23(30)25(3,27-24(28)31)20-11-8-18-6-5-7-19(18)14-20/h8-14,16H,4-7,15H2,1-3H3,(H,26,29)(H,27,31)/t16-,25-/m0/s1. The monoisotopic (exact) mass is 419 g/mol. The van der Waals surface area contributed by atoms with Gasteiger partial charge in [0, 0.05) is 5.69 Å². The van der Waals surface area contributed by atoms with Crippen LogP contribution in [0.15, 0.2) is 42.5 Å². The van der Waals surface area contributed by atoms with E-state index >= 15 is 0 Å². The van der Waals surface area contributed by atoms with E-state index in [-0.39, 0.29) is 6.54 Å². The minimum Gasteiger partial charge on any atom is -0.325 e. The minimum absolute atomic E-state index is 0.321. The highest BCUT2D eigenvalue weighted by atomic mass is 16.2. The van der Waals surface area contributed by atoms with E-state index in [2.05, 4.69) is 24.5 Å². The second-order valence-electron chi connectivity index (χ2n) is 8.76. The molecule has 162 valence electrons. The minimum atomic E-state index is -1.16. The number of nitrogens with one attached hydrogen (secondary N) is 2. The lowest BCUT2D eigenvalue weighted by Gasteiger charge is -2.23. The van der Waals surface area contributed by atoms with Crippen molar-refractivity contribution < 1.29 is 14.4 Å². The summed E-state index contributed by atoms with van der Waals surface area (Å²) in [5.41, 5.74) is 3.99. The van der Waals surface area contributed by atoms with Gasteiger partial charge in [-0.15, -0.1) is 0 Å². The number of amides is 4. The highest BCUT2D eigenvalue weighted by Gasteiger charge is 2.49. The fourth-order valence-electron chi connectivity index (χ4n) is 4.39. The van der Waals surface area contributed by atoms with E-state index in [0.717, 1.165) is 36.1 Å². The molecule has 6 heteroatoms. The third-order valence-corrected chi connectivity index (χ3v) is 6.63. The number of carbonyl (C=O) groups is 3. The van der Waals surface area contributed by atoms with Crippen LogP contribution >= 0.6 is 0 Å². The van der Waals surface area contributed by atoms with Crippen molar-refractivity contribution in [1.29, 1.82) is 0 Å². The molecule has 0 unspecified atom stereocenters. The predicted octanol–water partition coefficient (Wildman–Crippen LogP) is 4.09. The van der Waals surface area contributed by atoms with Crippen LogP contribution in [0.25, 0.3) is 0 Å². The molecule has 2 N–H and O–H groups in total. The van der Waals surface area contributed by atoms with Crippen molar-refractivity contribution in [3.8, 4) is 0 Å². The number of rotatable bonds is 6. The van der Waals surface area contributed by atoms with Gasteiger partial charge in [-0.3, -0.25) is 14.5 Å². The topological polar surface area (TPSA) is 78.5 Å². The summed E-state index contributed by atoms with van der Waals surface area (Å²) in [5, 5.41) is 5.57. The van der Waals surface area contributed by atoms with Crippen molar-refractivity contribution in [3.05, 3.63) is 64.7 Å². The zero-order valence-corrected chi connectivity index (χ0v) is 18.3. The lowest BCUT2D eigenvalue weighted by molar-refractivity contribution is -0.133. The lowest BCUT2D eigenvalue weighted by Crippen LogP contribution is -2.42. The smallest absolute Gasteiger partial charge is 0.325 e. The van der Waals surface area contributed by atoms with Crippen LogP contribution in [-0.4, -0.2) is 29.3 Å². The molecule has 1 fully saturated rings. The van der Waals surface area contributed by atoms with Gasteiger partial charge >= 0.3 is 6.03 Å². The summed E-state index contributed by atoms with van der Waals surface area (Å²) in [6.45, 7) is 5.67. The van der Waals surface area contributed by atoms with Crippen molar-refractivity contribution in [2.24, 2.45) is 0 Å². The molecule has 1 aliphatic carbocycles. The highest BCUT2D eigenvalue weighted by molar-refractivity contribution is 6.10. The Balaban J connectivity index is 1.45. The third-order valence-electron chi connectivity index (χ3n) is 6.63. The van der Waals surface area contributed by atoms with E-state index in [4.69, 9.17) is 0 Å². The van der Waals surface area contributed by atoms with Crippen LogP contribution in [0.1, 0.15) is 61.8 Å². The first-order valence-corrected chi connectivity index (χ1v) is 11.0. The van der Waals surface area contributed by atoms with E-state index < -0.39 is 23.4 Å². The molecule has 0 saturated carbocycles. The van der Waals surface area contributed by atoms with Crippen LogP contribution < -0.4 is 10.6 Å². The summed E-state index contributed by atoms with van der Waals surface area (Å²) in [7, 11) is 0. The van der Waals surface area contributed by atoms with Crippen LogP contribution in [-0.2, 0) is 28.0 Å². The van der Waals surface area contributed by atoms with Gasteiger partial charge in [-0.1, -0.05) is 44.2 Å².